The Morgan fingerprint density at radius 2 is 1.76 bits per heavy atom. The second-order valence-electron chi connectivity index (χ2n) is 7.84. The quantitative estimate of drug-likeness (QED) is 0.429. The highest BCUT2D eigenvalue weighted by Crippen LogP contribution is 2.22. The molecule has 3 aromatic carbocycles. The maximum Gasteiger partial charge on any atom is 0.326 e. The van der Waals surface area contributed by atoms with Crippen molar-refractivity contribution < 1.29 is 19.1 Å². The summed E-state index contributed by atoms with van der Waals surface area (Å²) in [5.41, 5.74) is 2.09. The molecule has 4 aromatic rings. The fourth-order valence-corrected chi connectivity index (χ4v) is 4.08. The molecule has 0 bridgehead atoms. The Morgan fingerprint density at radius 3 is 2.44 bits per heavy atom. The molecular formula is C26H20ClFN2O4. The molecule has 0 aliphatic rings. The summed E-state index contributed by atoms with van der Waals surface area (Å²) in [4.78, 5) is 37.1. The minimum absolute atomic E-state index is 0.0385. The Kier molecular flexibility index (Phi) is 6.47. The van der Waals surface area contributed by atoms with Crippen molar-refractivity contribution in [2.45, 2.75) is 12.5 Å². The number of para-hydroxylation sites is 1. The van der Waals surface area contributed by atoms with Gasteiger partial charge in [-0.15, -0.1) is 0 Å². The van der Waals surface area contributed by atoms with Crippen LogP contribution < -0.4 is 10.9 Å². The molecule has 0 fully saturated rings. The largest absolute Gasteiger partial charge is 0.480 e. The smallest absolute Gasteiger partial charge is 0.326 e. The summed E-state index contributed by atoms with van der Waals surface area (Å²) in [6.45, 7) is 0. The first-order valence-corrected chi connectivity index (χ1v) is 10.8. The lowest BCUT2D eigenvalue weighted by Crippen LogP contribution is -2.42. The molecule has 6 nitrogen and oxygen atoms in total. The molecule has 0 aliphatic heterocycles. The molecule has 172 valence electrons. The minimum Gasteiger partial charge on any atom is -0.480 e. The van der Waals surface area contributed by atoms with Gasteiger partial charge in [0.05, 0.1) is 16.1 Å². The number of carboxylic acid groups (broad SMARTS) is 1. The molecule has 0 saturated heterocycles. The molecule has 1 heterocycles. The third-order valence-corrected chi connectivity index (χ3v) is 5.95. The van der Waals surface area contributed by atoms with Crippen LogP contribution in [0.3, 0.4) is 0 Å². The van der Waals surface area contributed by atoms with Crippen LogP contribution in [-0.2, 0) is 18.3 Å². The van der Waals surface area contributed by atoms with Crippen LogP contribution in [-0.4, -0.2) is 27.6 Å². The van der Waals surface area contributed by atoms with E-state index in [0.717, 1.165) is 17.0 Å². The number of nitrogens with zero attached hydrogens (tertiary/aromatic N) is 1. The van der Waals surface area contributed by atoms with Gasteiger partial charge in [0.25, 0.3) is 11.5 Å². The first-order valence-electron chi connectivity index (χ1n) is 10.4. The maximum absolute atomic E-state index is 14.0. The molecule has 1 aromatic heterocycles. The summed E-state index contributed by atoms with van der Waals surface area (Å²) < 4.78 is 15.6. The van der Waals surface area contributed by atoms with Gasteiger partial charge in [-0.2, -0.15) is 0 Å². The Balaban J connectivity index is 1.57. The van der Waals surface area contributed by atoms with Crippen molar-refractivity contribution in [3.05, 3.63) is 105 Å². The molecule has 0 saturated carbocycles. The number of hydrogen-bond donors (Lipinski definition) is 2. The third-order valence-electron chi connectivity index (χ3n) is 5.63. The van der Waals surface area contributed by atoms with Crippen molar-refractivity contribution in [3.63, 3.8) is 0 Å². The van der Waals surface area contributed by atoms with Crippen LogP contribution in [0.4, 0.5) is 4.39 Å². The summed E-state index contributed by atoms with van der Waals surface area (Å²) in [5, 5.41) is 12.7. The Hall–Kier alpha value is -3.97. The topological polar surface area (TPSA) is 88.4 Å². The number of fused-ring (bicyclic) bond motifs is 1. The van der Waals surface area contributed by atoms with E-state index in [1.165, 1.54) is 12.1 Å². The van der Waals surface area contributed by atoms with Crippen LogP contribution in [0, 0.1) is 5.82 Å². The summed E-state index contributed by atoms with van der Waals surface area (Å²) in [6.07, 6.45) is -0.0385. The number of carboxylic acids is 1. The highest BCUT2D eigenvalue weighted by Gasteiger charge is 2.24. The van der Waals surface area contributed by atoms with Gasteiger partial charge in [-0.25, -0.2) is 9.18 Å². The van der Waals surface area contributed by atoms with Crippen molar-refractivity contribution in [3.8, 4) is 11.1 Å². The maximum atomic E-state index is 14.0. The number of halogens is 2. The minimum atomic E-state index is -1.30. The van der Waals surface area contributed by atoms with Crippen LogP contribution in [0.5, 0.6) is 0 Å². The summed E-state index contributed by atoms with van der Waals surface area (Å²) in [5.74, 6) is -3.02. The first kappa shape index (κ1) is 23.2. The molecule has 8 heteroatoms. The standard InChI is InChI=1S/C26H20ClFN2O4/c1-30-22-8-3-2-5-17(22)14-18(25(30)32)16-11-9-15(10-12-16)13-21(26(33)34)29-24(31)23-19(27)6-4-7-20(23)28/h2-12,14,21H,13H2,1H3,(H,29,31)(H,33,34)/t21-/m0/s1. The number of carbonyl (C=O) groups is 2. The molecule has 1 atom stereocenters. The second kappa shape index (κ2) is 9.49. The van der Waals surface area contributed by atoms with Gasteiger partial charge in [-0.1, -0.05) is 60.1 Å². The number of rotatable bonds is 6. The van der Waals surface area contributed by atoms with Crippen molar-refractivity contribution in [1.82, 2.24) is 9.88 Å². The van der Waals surface area contributed by atoms with Crippen LogP contribution >= 0.6 is 11.6 Å². The van der Waals surface area contributed by atoms with Crippen LogP contribution in [0.25, 0.3) is 22.0 Å². The normalized spacial score (nSPS) is 11.9. The number of aromatic nitrogens is 1. The Labute approximate surface area is 199 Å². The average molecular weight is 479 g/mol. The highest BCUT2D eigenvalue weighted by molar-refractivity contribution is 6.33. The SMILES string of the molecule is Cn1c(=O)c(-c2ccc(C[C@H](NC(=O)c3c(F)cccc3Cl)C(=O)O)cc2)cc2ccccc21. The number of nitrogens with one attached hydrogen (secondary N) is 1. The van der Waals surface area contributed by atoms with E-state index in [9.17, 15) is 23.9 Å². The van der Waals surface area contributed by atoms with Crippen molar-refractivity contribution in [1.29, 1.82) is 0 Å². The van der Waals surface area contributed by atoms with Crippen molar-refractivity contribution >= 4 is 34.4 Å². The van der Waals surface area contributed by atoms with Crippen LogP contribution in [0.1, 0.15) is 15.9 Å². The van der Waals surface area contributed by atoms with Crippen LogP contribution in [0.2, 0.25) is 5.02 Å². The monoisotopic (exact) mass is 478 g/mol. The first-order chi connectivity index (χ1) is 16.3. The zero-order valence-corrected chi connectivity index (χ0v) is 18.8. The van der Waals surface area contributed by atoms with E-state index in [0.29, 0.717) is 16.7 Å². The fourth-order valence-electron chi connectivity index (χ4n) is 3.83. The van der Waals surface area contributed by atoms with Gasteiger partial charge in [-0.05, 0) is 40.8 Å². The molecule has 2 N–H and O–H groups in total. The van der Waals surface area contributed by atoms with E-state index >= 15 is 0 Å². The van der Waals surface area contributed by atoms with E-state index in [2.05, 4.69) is 5.32 Å². The number of carbonyl (C=O) groups excluding carboxylic acids is 1. The van der Waals surface area contributed by atoms with Gasteiger partial charge in [0.1, 0.15) is 11.9 Å². The zero-order chi connectivity index (χ0) is 24.4. The number of benzene rings is 3. The zero-order valence-electron chi connectivity index (χ0n) is 18.1. The third kappa shape index (κ3) is 4.56. The molecule has 0 unspecified atom stereocenters. The number of amides is 1. The number of hydrogen-bond acceptors (Lipinski definition) is 3. The lowest BCUT2D eigenvalue weighted by molar-refractivity contribution is -0.139. The van der Waals surface area contributed by atoms with E-state index in [1.54, 1.807) is 35.9 Å². The molecule has 1 amide bonds. The lowest BCUT2D eigenvalue weighted by Gasteiger charge is -2.16. The lowest BCUT2D eigenvalue weighted by atomic mass is 10.00. The summed E-state index contributed by atoms with van der Waals surface area (Å²) in [6, 6.07) is 18.7. The molecule has 0 aliphatic carbocycles. The fraction of sp³-hybridized carbons (Fsp3) is 0.115. The van der Waals surface area contributed by atoms with E-state index in [4.69, 9.17) is 11.6 Å². The summed E-state index contributed by atoms with van der Waals surface area (Å²) in [7, 11) is 1.71. The van der Waals surface area contributed by atoms with E-state index in [1.807, 2.05) is 30.3 Å². The molecule has 0 radical (unpaired) electrons. The van der Waals surface area contributed by atoms with Gasteiger partial charge < -0.3 is 15.0 Å². The Bertz CT molecular complexity index is 1440. The van der Waals surface area contributed by atoms with Gasteiger partial charge in [0.15, 0.2) is 0 Å². The number of aliphatic carboxylic acids is 1. The number of aryl methyl sites for hydroxylation is 1. The molecule has 34 heavy (non-hydrogen) atoms. The predicted octanol–water partition coefficient (Wildman–Crippen LogP) is 4.42. The molecular weight excluding hydrogens is 459 g/mol. The Morgan fingerprint density at radius 1 is 1.06 bits per heavy atom. The molecule has 0 spiro atoms. The highest BCUT2D eigenvalue weighted by atomic mass is 35.5. The number of pyridine rings is 1. The predicted molar refractivity (Wildman–Crippen MR) is 129 cm³/mol. The van der Waals surface area contributed by atoms with E-state index in [-0.39, 0.29) is 17.0 Å². The molecule has 4 rings (SSSR count). The van der Waals surface area contributed by atoms with Crippen molar-refractivity contribution in [2.75, 3.05) is 0 Å². The average Bonchev–Trinajstić information content (AvgIpc) is 2.81. The van der Waals surface area contributed by atoms with Gasteiger partial charge in [-0.3, -0.25) is 9.59 Å². The second-order valence-corrected chi connectivity index (χ2v) is 8.25. The van der Waals surface area contributed by atoms with Gasteiger partial charge in [0, 0.05) is 19.0 Å². The van der Waals surface area contributed by atoms with Gasteiger partial charge in [0.2, 0.25) is 0 Å². The summed E-state index contributed by atoms with van der Waals surface area (Å²) >= 11 is 5.91. The van der Waals surface area contributed by atoms with E-state index < -0.39 is 29.3 Å². The van der Waals surface area contributed by atoms with Gasteiger partial charge >= 0.3 is 5.97 Å². The van der Waals surface area contributed by atoms with Crippen LogP contribution in [0.15, 0.2) is 77.6 Å². The van der Waals surface area contributed by atoms with Crippen molar-refractivity contribution in [2.24, 2.45) is 7.05 Å².